The van der Waals surface area contributed by atoms with Gasteiger partial charge in [0.05, 0.1) is 0 Å². The Labute approximate surface area is 170 Å². The summed E-state index contributed by atoms with van der Waals surface area (Å²) in [5.41, 5.74) is 1.88. The van der Waals surface area contributed by atoms with Crippen molar-refractivity contribution in [3.8, 4) is 5.75 Å². The monoisotopic (exact) mass is 388 g/mol. The molecule has 6 nitrogen and oxygen atoms in total. The second-order valence-corrected chi connectivity index (χ2v) is 7.30. The van der Waals surface area contributed by atoms with Crippen LogP contribution in [0.25, 0.3) is 0 Å². The molecule has 4 rings (SSSR count). The lowest BCUT2D eigenvalue weighted by Gasteiger charge is -2.32. The highest BCUT2D eigenvalue weighted by molar-refractivity contribution is 6.05. The van der Waals surface area contributed by atoms with Gasteiger partial charge in [-0.05, 0) is 54.7 Å². The molecule has 1 aromatic heterocycles. The smallest absolute Gasteiger partial charge is 0.259 e. The normalized spacial score (nSPS) is 14.6. The molecule has 0 bridgehead atoms. The highest BCUT2D eigenvalue weighted by Crippen LogP contribution is 2.29. The third kappa shape index (κ3) is 4.21. The average Bonchev–Trinajstić information content (AvgIpc) is 2.79. The lowest BCUT2D eigenvalue weighted by atomic mass is 9.90. The molecule has 2 aromatic carbocycles. The van der Waals surface area contributed by atoms with Gasteiger partial charge in [-0.25, -0.2) is 4.98 Å². The van der Waals surface area contributed by atoms with Gasteiger partial charge < -0.3 is 10.0 Å². The number of phenolic OH excluding ortho intramolecular Hbond substituents is 1. The van der Waals surface area contributed by atoms with Crippen molar-refractivity contribution in [1.29, 1.82) is 0 Å². The van der Waals surface area contributed by atoms with E-state index in [0.717, 1.165) is 25.9 Å². The first-order valence-electron chi connectivity index (χ1n) is 9.82. The highest BCUT2D eigenvalue weighted by Gasteiger charge is 2.23. The molecular weight excluding hydrogens is 364 g/mol. The summed E-state index contributed by atoms with van der Waals surface area (Å²) in [6, 6.07) is 18.6. The van der Waals surface area contributed by atoms with E-state index >= 15 is 0 Å². The zero-order chi connectivity index (χ0) is 20.2. The molecule has 1 amide bonds. The van der Waals surface area contributed by atoms with Crippen molar-refractivity contribution in [2.75, 3.05) is 29.9 Å². The third-order valence-electron chi connectivity index (χ3n) is 5.44. The van der Waals surface area contributed by atoms with Crippen LogP contribution >= 0.6 is 0 Å². The molecule has 0 aliphatic carbocycles. The second-order valence-electron chi connectivity index (χ2n) is 7.30. The molecule has 0 saturated carbocycles. The molecule has 0 radical (unpaired) electrons. The van der Waals surface area contributed by atoms with Gasteiger partial charge >= 0.3 is 0 Å². The highest BCUT2D eigenvalue weighted by atomic mass is 16.3. The van der Waals surface area contributed by atoms with Crippen LogP contribution in [-0.2, 0) is 0 Å². The summed E-state index contributed by atoms with van der Waals surface area (Å²) in [7, 11) is 1.70. The fraction of sp³-hybridized carbons (Fsp3) is 0.261. The van der Waals surface area contributed by atoms with E-state index in [2.05, 4.69) is 39.1 Å². The molecule has 2 heterocycles. The Bertz CT molecular complexity index is 968. The Morgan fingerprint density at radius 1 is 1.03 bits per heavy atom. The summed E-state index contributed by atoms with van der Waals surface area (Å²) in [5, 5.41) is 9.42. The zero-order valence-electron chi connectivity index (χ0n) is 16.4. The van der Waals surface area contributed by atoms with Crippen LogP contribution in [0.1, 0.15) is 34.7 Å². The van der Waals surface area contributed by atoms with Crippen LogP contribution in [-0.4, -0.2) is 41.1 Å². The van der Waals surface area contributed by atoms with E-state index in [-0.39, 0.29) is 11.7 Å². The quantitative estimate of drug-likeness (QED) is 0.735. The number of anilines is 2. The number of carbonyl (C=O) groups is 1. The largest absolute Gasteiger partial charge is 0.508 e. The van der Waals surface area contributed by atoms with Crippen LogP contribution in [0.2, 0.25) is 0 Å². The number of carbonyl (C=O) groups excluding carboxylic acids is 1. The van der Waals surface area contributed by atoms with Crippen molar-refractivity contribution in [3.05, 3.63) is 78.0 Å². The molecule has 6 heteroatoms. The maximum Gasteiger partial charge on any atom is 0.259 e. The van der Waals surface area contributed by atoms with E-state index < -0.39 is 0 Å². The fourth-order valence-corrected chi connectivity index (χ4v) is 3.72. The molecule has 1 aliphatic heterocycles. The predicted molar refractivity (Wildman–Crippen MR) is 114 cm³/mol. The number of hydrogen-bond acceptors (Lipinski definition) is 5. The Morgan fingerprint density at radius 3 is 2.41 bits per heavy atom. The van der Waals surface area contributed by atoms with Crippen LogP contribution in [0.4, 0.5) is 11.8 Å². The number of benzene rings is 2. The van der Waals surface area contributed by atoms with E-state index in [1.54, 1.807) is 31.4 Å². The number of phenols is 1. The number of piperidine rings is 1. The Balaban J connectivity index is 1.45. The minimum atomic E-state index is -0.183. The first kappa shape index (κ1) is 18.9. The van der Waals surface area contributed by atoms with Gasteiger partial charge in [-0.1, -0.05) is 30.3 Å². The molecule has 0 atom stereocenters. The zero-order valence-corrected chi connectivity index (χ0v) is 16.4. The molecule has 1 N–H and O–H groups in total. The number of nitrogens with zero attached hydrogens (tertiary/aromatic N) is 4. The van der Waals surface area contributed by atoms with Crippen molar-refractivity contribution in [2.24, 2.45) is 0 Å². The average molecular weight is 388 g/mol. The van der Waals surface area contributed by atoms with Crippen LogP contribution in [0.3, 0.4) is 0 Å². The van der Waals surface area contributed by atoms with Gasteiger partial charge in [-0.2, -0.15) is 4.98 Å². The van der Waals surface area contributed by atoms with Crippen molar-refractivity contribution < 1.29 is 9.90 Å². The number of aromatic hydroxyl groups is 1. The van der Waals surface area contributed by atoms with Crippen molar-refractivity contribution in [1.82, 2.24) is 9.97 Å². The maximum atomic E-state index is 12.7. The molecule has 3 aromatic rings. The van der Waals surface area contributed by atoms with Gasteiger partial charge in [0.2, 0.25) is 5.95 Å². The Kier molecular flexibility index (Phi) is 5.42. The third-order valence-corrected chi connectivity index (χ3v) is 5.44. The number of rotatable bonds is 4. The van der Waals surface area contributed by atoms with Crippen LogP contribution in [0.15, 0.2) is 66.9 Å². The lowest BCUT2D eigenvalue weighted by molar-refractivity contribution is 0.0992. The van der Waals surface area contributed by atoms with Crippen molar-refractivity contribution in [3.63, 3.8) is 0 Å². The minimum absolute atomic E-state index is 0.132. The Morgan fingerprint density at radius 2 is 1.72 bits per heavy atom. The van der Waals surface area contributed by atoms with Gasteiger partial charge in [0.1, 0.15) is 11.6 Å². The number of hydrogen-bond donors (Lipinski definition) is 1. The molecular formula is C23H24N4O2. The molecule has 0 spiro atoms. The lowest BCUT2D eigenvalue weighted by Crippen LogP contribution is -2.35. The van der Waals surface area contributed by atoms with Gasteiger partial charge in [0.15, 0.2) is 0 Å². The van der Waals surface area contributed by atoms with E-state index in [4.69, 9.17) is 0 Å². The van der Waals surface area contributed by atoms with Gasteiger partial charge in [0, 0.05) is 31.9 Å². The molecule has 1 aliphatic rings. The summed E-state index contributed by atoms with van der Waals surface area (Å²) < 4.78 is 0. The van der Waals surface area contributed by atoms with Gasteiger partial charge in [-0.3, -0.25) is 9.69 Å². The van der Waals surface area contributed by atoms with Gasteiger partial charge in [-0.15, -0.1) is 0 Å². The standard InChI is InChI=1S/C23H24N4O2/c1-26(22(29)19-7-9-20(28)10-8-19)21-11-14-24-23(25-21)27-15-12-18(13-16-27)17-5-3-2-4-6-17/h2-11,14,18,28H,12-13,15-16H2,1H3. The van der Waals surface area contributed by atoms with E-state index in [9.17, 15) is 9.90 Å². The molecule has 1 fully saturated rings. The molecule has 148 valence electrons. The van der Waals surface area contributed by atoms with Gasteiger partial charge in [0.25, 0.3) is 5.91 Å². The van der Waals surface area contributed by atoms with E-state index in [1.807, 2.05) is 6.07 Å². The molecule has 1 saturated heterocycles. The minimum Gasteiger partial charge on any atom is -0.508 e. The fourth-order valence-electron chi connectivity index (χ4n) is 3.72. The number of amides is 1. The van der Waals surface area contributed by atoms with Crippen molar-refractivity contribution in [2.45, 2.75) is 18.8 Å². The summed E-state index contributed by atoms with van der Waals surface area (Å²) >= 11 is 0. The summed E-state index contributed by atoms with van der Waals surface area (Å²) in [4.78, 5) is 25.5. The predicted octanol–water partition coefficient (Wildman–Crippen LogP) is 3.84. The molecule has 0 unspecified atom stereocenters. The summed E-state index contributed by atoms with van der Waals surface area (Å²) in [5.74, 6) is 1.72. The van der Waals surface area contributed by atoms with Crippen LogP contribution in [0.5, 0.6) is 5.75 Å². The first-order valence-corrected chi connectivity index (χ1v) is 9.82. The maximum absolute atomic E-state index is 12.7. The van der Waals surface area contributed by atoms with Crippen LogP contribution in [0, 0.1) is 0 Å². The van der Waals surface area contributed by atoms with Crippen molar-refractivity contribution >= 4 is 17.7 Å². The van der Waals surface area contributed by atoms with E-state index in [1.165, 1.54) is 22.6 Å². The van der Waals surface area contributed by atoms with Crippen LogP contribution < -0.4 is 9.80 Å². The Hall–Kier alpha value is -3.41. The second kappa shape index (κ2) is 8.31. The SMILES string of the molecule is CN(C(=O)c1ccc(O)cc1)c1ccnc(N2CCC(c3ccccc3)CC2)n1. The van der Waals surface area contributed by atoms with E-state index in [0.29, 0.717) is 23.2 Å². The topological polar surface area (TPSA) is 69.6 Å². The summed E-state index contributed by atoms with van der Waals surface area (Å²) in [6.45, 7) is 1.78. The molecule has 29 heavy (non-hydrogen) atoms. The summed E-state index contributed by atoms with van der Waals surface area (Å²) in [6.07, 6.45) is 3.81. The first-order chi connectivity index (χ1) is 14.1. The number of aromatic nitrogens is 2.